The number of nitrogens with one attached hydrogen (secondary N) is 5. The van der Waals surface area contributed by atoms with Crippen molar-refractivity contribution in [1.29, 1.82) is 0 Å². The highest BCUT2D eigenvalue weighted by atomic mass is 19.4. The lowest BCUT2D eigenvalue weighted by atomic mass is 10.1. The highest BCUT2D eigenvalue weighted by molar-refractivity contribution is 5.96. The average Bonchev–Trinajstić information content (AvgIpc) is 1.72. The summed E-state index contributed by atoms with van der Waals surface area (Å²) >= 11 is 0. The van der Waals surface area contributed by atoms with Crippen molar-refractivity contribution in [3.8, 4) is 0 Å². The summed E-state index contributed by atoms with van der Waals surface area (Å²) in [6.45, 7) is 8.72. The Morgan fingerprint density at radius 1 is 0.500 bits per heavy atom. The van der Waals surface area contributed by atoms with Crippen LogP contribution in [0.15, 0.2) is 187 Å². The number of halogens is 3. The number of carboxylic acid groups (broad SMARTS) is 1. The second-order valence-electron chi connectivity index (χ2n) is 25.4. The minimum atomic E-state index is -5.19. The van der Waals surface area contributed by atoms with Gasteiger partial charge in [0.15, 0.2) is 0 Å². The quantitative estimate of drug-likeness (QED) is 0.00489. The molecule has 0 aliphatic carbocycles. The zero-order chi connectivity index (χ0) is 93.4. The number of carboxylic acids is 1. The second kappa shape index (κ2) is 69.5. The Kier molecular flexibility index (Phi) is 60.7. The van der Waals surface area contributed by atoms with Gasteiger partial charge >= 0.3 is 66.1 Å². The van der Waals surface area contributed by atoms with Crippen molar-refractivity contribution in [2.24, 2.45) is 10.2 Å². The first-order valence-corrected chi connectivity index (χ1v) is 38.6. The Hall–Kier alpha value is -14.0. The number of hydrogen-bond acceptors (Lipinski definition) is 31. The van der Waals surface area contributed by atoms with Gasteiger partial charge in [-0.15, -0.1) is 0 Å². The Morgan fingerprint density at radius 3 is 1.13 bits per heavy atom. The largest absolute Gasteiger partial charge is 0.542 e. The van der Waals surface area contributed by atoms with Gasteiger partial charge in [0.05, 0.1) is 59.4 Å². The zero-order valence-electron chi connectivity index (χ0n) is 70.0. The number of carbonyl (C=O) groups excluding carboxylic acids is 14. The van der Waals surface area contributed by atoms with Crippen LogP contribution in [-0.4, -0.2) is 217 Å². The summed E-state index contributed by atoms with van der Waals surface area (Å²) in [6.07, 6.45) is 0.287. The molecule has 41 nitrogen and oxygen atoms in total. The van der Waals surface area contributed by atoms with E-state index in [0.29, 0.717) is 33.0 Å². The van der Waals surface area contributed by atoms with Crippen LogP contribution in [0.4, 0.5) is 28.4 Å². The van der Waals surface area contributed by atoms with Crippen molar-refractivity contribution < 1.29 is 143 Å². The van der Waals surface area contributed by atoms with E-state index in [1.807, 2.05) is 146 Å². The van der Waals surface area contributed by atoms with Gasteiger partial charge < -0.3 is 99.2 Å². The fourth-order valence-corrected chi connectivity index (χ4v) is 9.08. The summed E-state index contributed by atoms with van der Waals surface area (Å²) in [5.74, 6) is -9.19. The van der Waals surface area contributed by atoms with E-state index in [0.717, 1.165) is 28.8 Å². The number of esters is 8. The number of cyclic esters (lactones) is 4. The minimum Gasteiger partial charge on any atom is -0.542 e. The van der Waals surface area contributed by atoms with Crippen molar-refractivity contribution in [1.82, 2.24) is 36.6 Å². The predicted octanol–water partition coefficient (Wildman–Crippen LogP) is 5.97. The highest BCUT2D eigenvalue weighted by Crippen LogP contribution is 2.15. The number of aliphatic carboxylic acids is 1. The summed E-state index contributed by atoms with van der Waals surface area (Å²) in [5, 5.41) is 27.8. The lowest BCUT2D eigenvalue weighted by molar-refractivity contribution is -0.374. The number of ether oxygens (including phenoxy) is 11. The molecule has 0 saturated carbocycles. The van der Waals surface area contributed by atoms with Gasteiger partial charge in [-0.2, -0.15) is 13.2 Å². The molecular weight excluding hydrogens is 1670 g/mol. The van der Waals surface area contributed by atoms with Gasteiger partial charge in [-0.25, -0.2) is 19.2 Å². The molecule has 2 fully saturated rings. The Balaban J connectivity index is 0.000000823. The van der Waals surface area contributed by atoms with Gasteiger partial charge in [0.1, 0.15) is 56.6 Å². The first-order chi connectivity index (χ1) is 60.4. The van der Waals surface area contributed by atoms with Gasteiger partial charge in [-0.1, -0.05) is 138 Å². The molecule has 8 rings (SSSR count). The van der Waals surface area contributed by atoms with E-state index in [1.165, 1.54) is 26.5 Å². The third-order valence-corrected chi connectivity index (χ3v) is 15.0. The SMILES string of the molecule is CC(=O)N[C@@H](CCC(=O)OCc1ccccc1)C(=O)N[C@H](CCC(=O)OCc1ccccc1)C(=O)NCCOCCOCCN=[N+]=[N-].CC(=O)OC(C)=O.CN(C)c1ccncc1.O=C(CC[C@@H]1NC(=O)OC1=O)OCc1ccccc1.O=C(CC[C@H]1NC(=O)OC1=O)OCc1ccccc1.O=C([O-])C(F)(F)F.[N-]=[N+]=NCCOCCOCC[NH3+].c1ccncc1. The normalized spacial score (nSPS) is 12.7. The van der Waals surface area contributed by atoms with E-state index < -0.39 is 114 Å². The molecule has 5 amide bonds. The van der Waals surface area contributed by atoms with Gasteiger partial charge in [0, 0.05) is 120 Å². The van der Waals surface area contributed by atoms with Crippen LogP contribution in [-0.2, 0) is 136 Å². The number of carbonyl (C=O) groups is 14. The molecule has 126 heavy (non-hydrogen) atoms. The average molecular weight is 1770 g/mol. The van der Waals surface area contributed by atoms with E-state index in [9.17, 15) is 75.5 Å². The molecule has 44 heteroatoms. The summed E-state index contributed by atoms with van der Waals surface area (Å²) in [6, 6.07) is 42.6. The van der Waals surface area contributed by atoms with Gasteiger partial charge in [-0.05, 0) is 83.3 Å². The first kappa shape index (κ1) is 110. The van der Waals surface area contributed by atoms with Crippen LogP contribution in [0, 0.1) is 0 Å². The number of anilines is 1. The Labute approximate surface area is 723 Å². The number of nitrogens with zero attached hydrogens (tertiary/aromatic N) is 9. The topological polar surface area (TPSA) is 578 Å². The van der Waals surface area contributed by atoms with Gasteiger partial charge in [0.25, 0.3) is 0 Å². The maximum absolute atomic E-state index is 13.2. The molecule has 6 aromatic rings. The zero-order valence-corrected chi connectivity index (χ0v) is 70.0. The Morgan fingerprint density at radius 2 is 0.841 bits per heavy atom. The molecule has 4 aromatic carbocycles. The molecule has 0 radical (unpaired) electrons. The van der Waals surface area contributed by atoms with Crippen LogP contribution < -0.4 is 42.3 Å². The van der Waals surface area contributed by atoms with Crippen LogP contribution in [0.25, 0.3) is 20.9 Å². The third kappa shape index (κ3) is 60.5. The molecule has 0 unspecified atom stereocenters. The molecule has 4 atom stereocenters. The molecule has 4 heterocycles. The summed E-state index contributed by atoms with van der Waals surface area (Å²) < 4.78 is 85.6. The van der Waals surface area contributed by atoms with Crippen molar-refractivity contribution >= 4 is 89.3 Å². The number of pyridine rings is 2. The number of azide groups is 2. The monoisotopic (exact) mass is 1770 g/mol. The number of aromatic nitrogens is 2. The van der Waals surface area contributed by atoms with Crippen LogP contribution in [0.1, 0.15) is 94.4 Å². The van der Waals surface area contributed by atoms with Gasteiger partial charge in [0.2, 0.25) is 17.7 Å². The summed E-state index contributed by atoms with van der Waals surface area (Å²) in [7, 11) is 4.02. The van der Waals surface area contributed by atoms with Crippen LogP contribution in [0.3, 0.4) is 0 Å². The Bertz CT molecular complexity index is 4160. The van der Waals surface area contributed by atoms with Crippen LogP contribution in [0.2, 0.25) is 0 Å². The second-order valence-corrected chi connectivity index (χ2v) is 25.4. The van der Waals surface area contributed by atoms with E-state index in [4.69, 9.17) is 58.9 Å². The molecule has 684 valence electrons. The molecule has 8 N–H and O–H groups in total. The van der Waals surface area contributed by atoms with Crippen molar-refractivity contribution in [2.45, 2.75) is 129 Å². The van der Waals surface area contributed by atoms with Crippen molar-refractivity contribution in [3.05, 3.63) is 220 Å². The number of alkyl halides is 3. The number of rotatable bonds is 42. The third-order valence-electron chi connectivity index (χ3n) is 15.0. The number of amides is 5. The first-order valence-electron chi connectivity index (χ1n) is 38.6. The van der Waals surface area contributed by atoms with Crippen molar-refractivity contribution in [2.75, 3.05) is 98.0 Å². The van der Waals surface area contributed by atoms with E-state index in [-0.39, 0.29) is 117 Å². The van der Waals surface area contributed by atoms with Crippen LogP contribution >= 0.6 is 0 Å². The summed E-state index contributed by atoms with van der Waals surface area (Å²) in [4.78, 5) is 173. The molecule has 0 spiro atoms. The number of quaternary nitrogens is 1. The number of alkyl carbamates (subject to hydrolysis) is 2. The highest BCUT2D eigenvalue weighted by Gasteiger charge is 2.34. The molecule has 2 aliphatic heterocycles. The minimum absolute atomic E-state index is 0.0485. The standard InChI is InChI=1S/C32H42N6O9.2C13H13NO5.C7H10N2.C6H14N4O2.C5H5N.C4H6O3.C2HF3O2/c1-24(39)36-28(13-15-30(41)47-23-26-10-6-3-7-11-26)32(43)37-27(12-14-29(40)46-22-25-8-4-2-5-9-25)31(42)34-16-18-44-20-21-45-19-17-35-38-33;2*15-11(18-8-9-4-2-1-3-5-9)7-6-10-12(16)19-13(17)14-10;1-9(2)7-3-5-8-6-4-7;7-1-3-11-5-6-12-4-2-9-10-8;1-2-4-6-5-3-1;1-3(5)7-4(2)6;3-2(4,5)1(6)7/h2-11,27-28H,12-23H2,1H3,(H,34,42)(H,36,39)(H,37,43);2*1-5,10H,6-8H2,(H,14,17);3-6H,1-2H3;1-7H2;1-5H;1-2H3;(H,6,7)/t27-,28+;2*10-;;;;;/m110...../s1. The summed E-state index contributed by atoms with van der Waals surface area (Å²) in [5.41, 5.74) is 24.3. The predicted molar refractivity (Wildman–Crippen MR) is 437 cm³/mol. The van der Waals surface area contributed by atoms with Crippen molar-refractivity contribution in [3.63, 3.8) is 0 Å². The maximum Gasteiger partial charge on any atom is 0.430 e. The van der Waals surface area contributed by atoms with E-state index in [2.05, 4.69) is 76.5 Å². The number of benzene rings is 4. The molecule has 0 bridgehead atoms. The fraction of sp³-hybridized carbons (Fsp3) is 0.415. The van der Waals surface area contributed by atoms with Gasteiger partial charge in [-0.3, -0.25) is 53.1 Å². The maximum atomic E-state index is 13.2. The lowest BCUT2D eigenvalue weighted by Gasteiger charge is -2.23. The molecule has 2 aliphatic rings. The fourth-order valence-electron chi connectivity index (χ4n) is 9.08. The molecular formula is C82H104F3N15O26. The molecule has 2 aromatic heterocycles. The van der Waals surface area contributed by atoms with E-state index in [1.54, 1.807) is 49.1 Å². The smallest absolute Gasteiger partial charge is 0.430 e. The lowest BCUT2D eigenvalue weighted by Crippen LogP contribution is -2.54. The van der Waals surface area contributed by atoms with Crippen LogP contribution in [0.5, 0.6) is 0 Å². The number of hydrogen-bond donors (Lipinski definition) is 6. The molecule has 2 saturated heterocycles. The van der Waals surface area contributed by atoms with E-state index >= 15 is 0 Å².